The molecule has 0 radical (unpaired) electrons. The third kappa shape index (κ3) is 4.90. The Balaban J connectivity index is 1.25. The van der Waals surface area contributed by atoms with E-state index in [1.54, 1.807) is 0 Å². The van der Waals surface area contributed by atoms with Gasteiger partial charge in [-0.05, 0) is 55.7 Å². The number of pyridine rings is 2. The summed E-state index contributed by atoms with van der Waals surface area (Å²) in [5.74, 6) is 2.10. The molecule has 2 aromatic heterocycles. The standard InChI is InChI=1S/C29H30N4/c1-22-6-3-8-24(18-22)26-10-12-28(30-20-26)32-14-5-15-33(17-16-32)29-13-11-27(21-31-29)25-9-4-7-23(2)19-25/h3-4,6-13,18-21H,5,14-17H2,1-2H3. The first-order valence-electron chi connectivity index (χ1n) is 11.7. The average molecular weight is 435 g/mol. The van der Waals surface area contributed by atoms with Crippen molar-refractivity contribution in [3.63, 3.8) is 0 Å². The molecule has 1 aliphatic rings. The van der Waals surface area contributed by atoms with Gasteiger partial charge in [0.05, 0.1) is 0 Å². The number of hydrogen-bond acceptors (Lipinski definition) is 4. The SMILES string of the molecule is Cc1cccc(-c2ccc(N3CCCN(c4ccc(-c5cccc(C)c5)cn4)CC3)nc2)c1. The average Bonchev–Trinajstić information content (AvgIpc) is 3.11. The van der Waals surface area contributed by atoms with Gasteiger partial charge < -0.3 is 9.80 Å². The molecule has 2 aromatic carbocycles. The molecule has 0 aliphatic carbocycles. The fraction of sp³-hybridized carbons (Fsp3) is 0.241. The molecule has 0 spiro atoms. The van der Waals surface area contributed by atoms with Gasteiger partial charge in [-0.3, -0.25) is 0 Å². The van der Waals surface area contributed by atoms with Crippen molar-refractivity contribution in [2.75, 3.05) is 36.0 Å². The highest BCUT2D eigenvalue weighted by Crippen LogP contribution is 2.25. The summed E-state index contributed by atoms with van der Waals surface area (Å²) in [5, 5.41) is 0. The molecule has 4 aromatic rings. The number of anilines is 2. The molecule has 0 unspecified atom stereocenters. The highest BCUT2D eigenvalue weighted by molar-refractivity contribution is 5.65. The molecule has 0 saturated carbocycles. The third-order valence-electron chi connectivity index (χ3n) is 6.34. The Morgan fingerprint density at radius 3 is 1.42 bits per heavy atom. The van der Waals surface area contributed by atoms with Crippen molar-refractivity contribution in [2.24, 2.45) is 0 Å². The van der Waals surface area contributed by atoms with E-state index in [0.717, 1.165) is 55.4 Å². The van der Waals surface area contributed by atoms with E-state index in [0.29, 0.717) is 0 Å². The van der Waals surface area contributed by atoms with Crippen LogP contribution in [0.3, 0.4) is 0 Å². The summed E-state index contributed by atoms with van der Waals surface area (Å²) in [6.45, 7) is 8.15. The van der Waals surface area contributed by atoms with E-state index in [1.165, 1.54) is 22.3 Å². The van der Waals surface area contributed by atoms with Crippen molar-refractivity contribution in [3.8, 4) is 22.3 Å². The van der Waals surface area contributed by atoms with Crippen LogP contribution in [0.25, 0.3) is 22.3 Å². The Morgan fingerprint density at radius 1 is 0.545 bits per heavy atom. The highest BCUT2D eigenvalue weighted by Gasteiger charge is 2.17. The van der Waals surface area contributed by atoms with Crippen molar-refractivity contribution in [2.45, 2.75) is 20.3 Å². The van der Waals surface area contributed by atoms with E-state index in [-0.39, 0.29) is 0 Å². The van der Waals surface area contributed by atoms with Crippen molar-refractivity contribution >= 4 is 11.6 Å². The van der Waals surface area contributed by atoms with Gasteiger partial charge in [0.25, 0.3) is 0 Å². The maximum absolute atomic E-state index is 4.79. The highest BCUT2D eigenvalue weighted by atomic mass is 15.3. The fourth-order valence-corrected chi connectivity index (χ4v) is 4.51. The third-order valence-corrected chi connectivity index (χ3v) is 6.34. The fourth-order valence-electron chi connectivity index (χ4n) is 4.51. The topological polar surface area (TPSA) is 32.3 Å². The maximum Gasteiger partial charge on any atom is 0.128 e. The first-order chi connectivity index (χ1) is 16.2. The minimum atomic E-state index is 0.943. The molecule has 4 nitrogen and oxygen atoms in total. The van der Waals surface area contributed by atoms with Crippen LogP contribution in [0.5, 0.6) is 0 Å². The first-order valence-corrected chi connectivity index (χ1v) is 11.7. The quantitative estimate of drug-likeness (QED) is 0.386. The van der Waals surface area contributed by atoms with Crippen LogP contribution in [0.1, 0.15) is 17.5 Å². The first kappa shape index (κ1) is 21.2. The number of benzene rings is 2. The Kier molecular flexibility index (Phi) is 6.07. The Morgan fingerprint density at radius 2 is 1.03 bits per heavy atom. The number of rotatable bonds is 4. The molecule has 1 saturated heterocycles. The number of aryl methyl sites for hydroxylation is 2. The zero-order valence-corrected chi connectivity index (χ0v) is 19.4. The normalized spacial score (nSPS) is 14.2. The smallest absolute Gasteiger partial charge is 0.128 e. The zero-order chi connectivity index (χ0) is 22.6. The van der Waals surface area contributed by atoms with Crippen molar-refractivity contribution < 1.29 is 0 Å². The van der Waals surface area contributed by atoms with Gasteiger partial charge in [-0.1, -0.05) is 59.7 Å². The second-order valence-corrected chi connectivity index (χ2v) is 8.88. The van der Waals surface area contributed by atoms with Crippen LogP contribution in [0.2, 0.25) is 0 Å². The van der Waals surface area contributed by atoms with Crippen LogP contribution in [0.4, 0.5) is 11.6 Å². The van der Waals surface area contributed by atoms with Crippen molar-refractivity contribution in [1.82, 2.24) is 9.97 Å². The van der Waals surface area contributed by atoms with Crippen LogP contribution >= 0.6 is 0 Å². The van der Waals surface area contributed by atoms with Crippen molar-refractivity contribution in [3.05, 3.63) is 96.3 Å². The van der Waals surface area contributed by atoms with Crippen molar-refractivity contribution in [1.29, 1.82) is 0 Å². The molecular formula is C29H30N4. The van der Waals surface area contributed by atoms with E-state index >= 15 is 0 Å². The van der Waals surface area contributed by atoms with Crippen LogP contribution in [0.15, 0.2) is 85.2 Å². The maximum atomic E-state index is 4.79. The van der Waals surface area contributed by atoms with E-state index < -0.39 is 0 Å². The molecular weight excluding hydrogens is 404 g/mol. The molecule has 166 valence electrons. The summed E-state index contributed by atoms with van der Waals surface area (Å²) < 4.78 is 0. The van der Waals surface area contributed by atoms with Gasteiger partial charge in [-0.15, -0.1) is 0 Å². The summed E-state index contributed by atoms with van der Waals surface area (Å²) in [7, 11) is 0. The molecule has 33 heavy (non-hydrogen) atoms. The predicted molar refractivity (Wildman–Crippen MR) is 138 cm³/mol. The Labute approximate surface area is 196 Å². The summed E-state index contributed by atoms with van der Waals surface area (Å²) in [6, 6.07) is 25.8. The summed E-state index contributed by atoms with van der Waals surface area (Å²) >= 11 is 0. The van der Waals surface area contributed by atoms with E-state index in [2.05, 4.69) is 96.4 Å². The van der Waals surface area contributed by atoms with Gasteiger partial charge in [0, 0.05) is 49.7 Å². The van der Waals surface area contributed by atoms with Gasteiger partial charge in [-0.2, -0.15) is 0 Å². The second-order valence-electron chi connectivity index (χ2n) is 8.88. The lowest BCUT2D eigenvalue weighted by molar-refractivity contribution is 0.794. The monoisotopic (exact) mass is 434 g/mol. The molecule has 1 fully saturated rings. The van der Waals surface area contributed by atoms with E-state index in [9.17, 15) is 0 Å². The molecule has 1 aliphatic heterocycles. The molecule has 4 heteroatoms. The molecule has 0 amide bonds. The Hall–Kier alpha value is -3.66. The van der Waals surface area contributed by atoms with E-state index in [4.69, 9.17) is 9.97 Å². The Bertz CT molecular complexity index is 1120. The number of nitrogens with zero attached hydrogens (tertiary/aromatic N) is 4. The minimum Gasteiger partial charge on any atom is -0.355 e. The molecule has 5 rings (SSSR count). The molecule has 3 heterocycles. The van der Waals surface area contributed by atoms with Gasteiger partial charge in [0.15, 0.2) is 0 Å². The second kappa shape index (κ2) is 9.45. The largest absolute Gasteiger partial charge is 0.355 e. The zero-order valence-electron chi connectivity index (χ0n) is 19.4. The number of aromatic nitrogens is 2. The predicted octanol–water partition coefficient (Wildman–Crippen LogP) is 6.14. The van der Waals surface area contributed by atoms with Crippen LogP contribution in [0, 0.1) is 13.8 Å². The summed E-state index contributed by atoms with van der Waals surface area (Å²) in [6.07, 6.45) is 5.08. The minimum absolute atomic E-state index is 0.943. The van der Waals surface area contributed by atoms with Crippen LogP contribution in [-0.4, -0.2) is 36.1 Å². The lowest BCUT2D eigenvalue weighted by Crippen LogP contribution is -2.31. The number of hydrogen-bond donors (Lipinski definition) is 0. The molecule has 0 atom stereocenters. The van der Waals surface area contributed by atoms with Gasteiger partial charge in [0.1, 0.15) is 11.6 Å². The summed E-state index contributed by atoms with van der Waals surface area (Å²) in [4.78, 5) is 14.4. The molecule has 0 N–H and O–H groups in total. The van der Waals surface area contributed by atoms with Gasteiger partial charge in [0.2, 0.25) is 0 Å². The summed E-state index contributed by atoms with van der Waals surface area (Å²) in [5.41, 5.74) is 7.30. The lowest BCUT2D eigenvalue weighted by atomic mass is 10.1. The van der Waals surface area contributed by atoms with Gasteiger partial charge in [-0.25, -0.2) is 9.97 Å². The van der Waals surface area contributed by atoms with E-state index in [1.807, 2.05) is 12.4 Å². The van der Waals surface area contributed by atoms with Crippen LogP contribution in [-0.2, 0) is 0 Å². The lowest BCUT2D eigenvalue weighted by Gasteiger charge is -2.23. The van der Waals surface area contributed by atoms with Gasteiger partial charge >= 0.3 is 0 Å². The van der Waals surface area contributed by atoms with Crippen LogP contribution < -0.4 is 9.80 Å². The molecule has 0 bridgehead atoms.